The van der Waals surface area contributed by atoms with E-state index in [1.54, 1.807) is 6.07 Å². The van der Waals surface area contributed by atoms with Crippen LogP contribution in [0.15, 0.2) is 18.3 Å². The smallest absolute Gasteiger partial charge is 0.354 e. The summed E-state index contributed by atoms with van der Waals surface area (Å²) >= 11 is 0. The lowest BCUT2D eigenvalue weighted by Crippen LogP contribution is -2.28. The molecular formula is C16H20N2O3. The van der Waals surface area contributed by atoms with Crippen LogP contribution in [0.5, 0.6) is 0 Å². The highest BCUT2D eigenvalue weighted by atomic mass is 16.4. The van der Waals surface area contributed by atoms with Crippen LogP contribution in [-0.4, -0.2) is 28.0 Å². The molecule has 2 aliphatic carbocycles. The Morgan fingerprint density at radius 2 is 2.00 bits per heavy atom. The standard InChI is InChI=1S/C16H20N2O3/c19-15(11-6-7-17-14(8-11)16(20)21)18-13-9-12(13)10-4-2-1-3-5-10/h6-8,10,12-13H,1-5,9H2,(H,18,19)(H,20,21). The third-order valence-corrected chi connectivity index (χ3v) is 4.65. The molecule has 1 heterocycles. The SMILES string of the molecule is O=C(NC1CC1C1CCCCC1)c1ccnc(C(=O)O)c1. The van der Waals surface area contributed by atoms with Gasteiger partial charge in [0.05, 0.1) is 0 Å². The molecule has 5 heteroatoms. The van der Waals surface area contributed by atoms with E-state index in [0.717, 1.165) is 12.3 Å². The second-order valence-corrected chi connectivity index (χ2v) is 6.11. The number of rotatable bonds is 4. The highest BCUT2D eigenvalue weighted by molar-refractivity contribution is 5.96. The fourth-order valence-electron chi connectivity index (χ4n) is 3.40. The van der Waals surface area contributed by atoms with E-state index in [9.17, 15) is 9.59 Å². The number of carbonyl (C=O) groups excluding carboxylic acids is 1. The van der Waals surface area contributed by atoms with Crippen LogP contribution in [0.4, 0.5) is 0 Å². The first-order valence-electron chi connectivity index (χ1n) is 7.65. The maximum atomic E-state index is 12.2. The Kier molecular flexibility index (Phi) is 3.90. The van der Waals surface area contributed by atoms with Gasteiger partial charge in [0.2, 0.25) is 0 Å². The maximum Gasteiger partial charge on any atom is 0.354 e. The van der Waals surface area contributed by atoms with Crippen molar-refractivity contribution in [1.29, 1.82) is 0 Å². The van der Waals surface area contributed by atoms with Crippen LogP contribution in [0, 0.1) is 11.8 Å². The Bertz CT molecular complexity index is 552. The van der Waals surface area contributed by atoms with E-state index in [2.05, 4.69) is 10.3 Å². The van der Waals surface area contributed by atoms with Gasteiger partial charge in [-0.2, -0.15) is 0 Å². The first-order valence-corrected chi connectivity index (χ1v) is 7.65. The second-order valence-electron chi connectivity index (χ2n) is 6.11. The molecule has 2 saturated carbocycles. The molecule has 2 aliphatic rings. The lowest BCUT2D eigenvalue weighted by atomic mass is 9.85. The van der Waals surface area contributed by atoms with E-state index >= 15 is 0 Å². The van der Waals surface area contributed by atoms with Gasteiger partial charge in [-0.25, -0.2) is 9.78 Å². The van der Waals surface area contributed by atoms with Gasteiger partial charge in [-0.05, 0) is 30.4 Å². The molecule has 0 saturated heterocycles. The Hall–Kier alpha value is -1.91. The van der Waals surface area contributed by atoms with Gasteiger partial charge in [-0.3, -0.25) is 4.79 Å². The van der Waals surface area contributed by atoms with Crippen LogP contribution < -0.4 is 5.32 Å². The van der Waals surface area contributed by atoms with Crippen LogP contribution in [0.1, 0.15) is 59.4 Å². The molecule has 2 atom stereocenters. The number of carbonyl (C=O) groups is 2. The Labute approximate surface area is 123 Å². The third-order valence-electron chi connectivity index (χ3n) is 4.65. The topological polar surface area (TPSA) is 79.3 Å². The molecule has 0 aliphatic heterocycles. The van der Waals surface area contributed by atoms with E-state index in [1.807, 2.05) is 0 Å². The first-order chi connectivity index (χ1) is 10.1. The van der Waals surface area contributed by atoms with Gasteiger partial charge >= 0.3 is 5.97 Å². The van der Waals surface area contributed by atoms with E-state index in [0.29, 0.717) is 11.5 Å². The number of hydrogen-bond acceptors (Lipinski definition) is 3. The van der Waals surface area contributed by atoms with Crippen LogP contribution in [-0.2, 0) is 0 Å². The molecular weight excluding hydrogens is 268 g/mol. The molecule has 0 bridgehead atoms. The number of nitrogens with one attached hydrogen (secondary N) is 1. The zero-order chi connectivity index (χ0) is 14.8. The average Bonchev–Trinajstić information content (AvgIpc) is 3.27. The van der Waals surface area contributed by atoms with Crippen molar-refractivity contribution in [1.82, 2.24) is 10.3 Å². The van der Waals surface area contributed by atoms with Gasteiger partial charge in [0.25, 0.3) is 5.91 Å². The number of aromatic carboxylic acids is 1. The Morgan fingerprint density at radius 3 is 2.71 bits per heavy atom. The van der Waals surface area contributed by atoms with Gasteiger partial charge in [0.15, 0.2) is 0 Å². The van der Waals surface area contributed by atoms with Gasteiger partial charge < -0.3 is 10.4 Å². The quantitative estimate of drug-likeness (QED) is 0.892. The minimum absolute atomic E-state index is 0.0951. The number of hydrogen-bond donors (Lipinski definition) is 2. The summed E-state index contributed by atoms with van der Waals surface area (Å²) in [4.78, 5) is 26.8. The molecule has 1 aromatic rings. The number of amides is 1. The van der Waals surface area contributed by atoms with Gasteiger partial charge in [0.1, 0.15) is 5.69 Å². The minimum atomic E-state index is -1.11. The lowest BCUT2D eigenvalue weighted by Gasteiger charge is -2.21. The van der Waals surface area contributed by atoms with Gasteiger partial charge in [-0.15, -0.1) is 0 Å². The Balaban J connectivity index is 1.57. The molecule has 112 valence electrons. The van der Waals surface area contributed by atoms with Crippen LogP contribution >= 0.6 is 0 Å². The van der Waals surface area contributed by atoms with Crippen LogP contribution in [0.3, 0.4) is 0 Å². The van der Waals surface area contributed by atoms with E-state index < -0.39 is 5.97 Å². The molecule has 2 unspecified atom stereocenters. The fraction of sp³-hybridized carbons (Fsp3) is 0.562. The number of aromatic nitrogens is 1. The minimum Gasteiger partial charge on any atom is -0.477 e. The monoisotopic (exact) mass is 288 g/mol. The molecule has 0 aromatic carbocycles. The molecule has 1 aromatic heterocycles. The third kappa shape index (κ3) is 3.23. The summed E-state index contributed by atoms with van der Waals surface area (Å²) < 4.78 is 0. The molecule has 2 fully saturated rings. The van der Waals surface area contributed by atoms with Crippen molar-refractivity contribution in [3.05, 3.63) is 29.6 Å². The van der Waals surface area contributed by atoms with Crippen molar-refractivity contribution in [3.8, 4) is 0 Å². The molecule has 5 nitrogen and oxygen atoms in total. The van der Waals surface area contributed by atoms with Gasteiger partial charge in [0, 0.05) is 17.8 Å². The largest absolute Gasteiger partial charge is 0.477 e. The number of pyridine rings is 1. The molecule has 3 rings (SSSR count). The molecule has 0 spiro atoms. The zero-order valence-corrected chi connectivity index (χ0v) is 11.9. The van der Waals surface area contributed by atoms with Crippen molar-refractivity contribution in [2.24, 2.45) is 11.8 Å². The fourth-order valence-corrected chi connectivity index (χ4v) is 3.40. The average molecular weight is 288 g/mol. The number of carboxylic acids is 1. The number of nitrogens with zero attached hydrogens (tertiary/aromatic N) is 1. The van der Waals surface area contributed by atoms with E-state index in [1.165, 1.54) is 44.4 Å². The van der Waals surface area contributed by atoms with Crippen molar-refractivity contribution in [2.75, 3.05) is 0 Å². The summed E-state index contributed by atoms with van der Waals surface area (Å²) in [7, 11) is 0. The Morgan fingerprint density at radius 1 is 1.24 bits per heavy atom. The summed E-state index contributed by atoms with van der Waals surface area (Å²) in [6.07, 6.45) is 8.97. The van der Waals surface area contributed by atoms with Crippen molar-refractivity contribution < 1.29 is 14.7 Å². The summed E-state index contributed by atoms with van der Waals surface area (Å²) in [5, 5.41) is 11.9. The highest BCUT2D eigenvalue weighted by Gasteiger charge is 2.43. The van der Waals surface area contributed by atoms with Crippen molar-refractivity contribution in [3.63, 3.8) is 0 Å². The predicted octanol–water partition coefficient (Wildman–Crippen LogP) is 2.48. The van der Waals surface area contributed by atoms with Gasteiger partial charge in [-0.1, -0.05) is 32.1 Å². The predicted molar refractivity (Wildman–Crippen MR) is 77.1 cm³/mol. The first kappa shape index (κ1) is 14.0. The van der Waals surface area contributed by atoms with E-state index in [-0.39, 0.29) is 17.6 Å². The maximum absolute atomic E-state index is 12.2. The lowest BCUT2D eigenvalue weighted by molar-refractivity contribution is 0.0690. The molecule has 1 amide bonds. The summed E-state index contributed by atoms with van der Waals surface area (Å²) in [6, 6.07) is 3.15. The summed E-state index contributed by atoms with van der Waals surface area (Å²) in [6.45, 7) is 0. The number of carboxylic acid groups (broad SMARTS) is 1. The van der Waals surface area contributed by atoms with E-state index in [4.69, 9.17) is 5.11 Å². The second kappa shape index (κ2) is 5.84. The highest BCUT2D eigenvalue weighted by Crippen LogP contribution is 2.44. The normalized spacial score (nSPS) is 25.3. The molecule has 2 N–H and O–H groups in total. The van der Waals surface area contributed by atoms with Crippen LogP contribution in [0.2, 0.25) is 0 Å². The van der Waals surface area contributed by atoms with Crippen molar-refractivity contribution >= 4 is 11.9 Å². The van der Waals surface area contributed by atoms with Crippen LogP contribution in [0.25, 0.3) is 0 Å². The molecule has 21 heavy (non-hydrogen) atoms. The van der Waals surface area contributed by atoms with Crippen molar-refractivity contribution in [2.45, 2.75) is 44.6 Å². The summed E-state index contributed by atoms with van der Waals surface area (Å²) in [5.74, 6) is 0.0745. The molecule has 0 radical (unpaired) electrons. The zero-order valence-electron chi connectivity index (χ0n) is 11.9. The summed E-state index contributed by atoms with van der Waals surface area (Å²) in [5.41, 5.74) is 0.277.